The number of thioether (sulfide) groups is 1. The van der Waals surface area contributed by atoms with Gasteiger partial charge in [-0.25, -0.2) is 0 Å². The quantitative estimate of drug-likeness (QED) is 0.0791. The fourth-order valence-electron chi connectivity index (χ4n) is 3.56. The van der Waals surface area contributed by atoms with Crippen LogP contribution < -0.4 is 10.6 Å². The van der Waals surface area contributed by atoms with Gasteiger partial charge in [-0.3, -0.25) is 19.2 Å². The summed E-state index contributed by atoms with van der Waals surface area (Å²) in [5.41, 5.74) is 0. The molecule has 1 atom stereocenters. The van der Waals surface area contributed by atoms with Crippen molar-refractivity contribution in [2.75, 3.05) is 119 Å². The highest BCUT2D eigenvalue weighted by atomic mass is 32.2. The van der Waals surface area contributed by atoms with Crippen molar-refractivity contribution in [2.24, 2.45) is 5.92 Å². The van der Waals surface area contributed by atoms with E-state index < -0.39 is 11.2 Å². The highest BCUT2D eigenvalue weighted by Gasteiger charge is 2.23. The average Bonchev–Trinajstić information content (AvgIpc) is 3.03. The number of carbonyl (C=O) groups excluding carboxylic acids is 3. The first-order chi connectivity index (χ1) is 23.1. The zero-order valence-corrected chi connectivity index (χ0v) is 30.2. The number of rotatable bonds is 36. The summed E-state index contributed by atoms with van der Waals surface area (Å²) >= 11 is 1.29. The highest BCUT2D eigenvalue weighted by Crippen LogP contribution is 2.20. The molecule has 0 heterocycles. The maximum atomic E-state index is 12.2. The van der Waals surface area contributed by atoms with E-state index in [4.69, 9.17) is 43.0 Å². The van der Waals surface area contributed by atoms with E-state index in [1.54, 1.807) is 0 Å². The fraction of sp³-hybridized carbons (Fsp3) is 0.875. The summed E-state index contributed by atoms with van der Waals surface area (Å²) in [6, 6.07) is 0. The Hall–Kier alpha value is -1.89. The zero-order valence-electron chi connectivity index (χ0n) is 29.3. The summed E-state index contributed by atoms with van der Waals surface area (Å²) in [4.78, 5) is 46.6. The van der Waals surface area contributed by atoms with Gasteiger partial charge < -0.3 is 53.6 Å². The van der Waals surface area contributed by atoms with Gasteiger partial charge in [0.1, 0.15) is 5.78 Å². The van der Waals surface area contributed by atoms with Gasteiger partial charge in [0, 0.05) is 31.8 Å². The first-order valence-corrected chi connectivity index (χ1v) is 17.6. The van der Waals surface area contributed by atoms with E-state index in [0.717, 1.165) is 0 Å². The van der Waals surface area contributed by atoms with E-state index in [1.807, 2.05) is 27.7 Å². The van der Waals surface area contributed by atoms with Crippen molar-refractivity contribution in [1.82, 2.24) is 10.6 Å². The number of hydrogen-bond donors (Lipinski definition) is 3. The van der Waals surface area contributed by atoms with Gasteiger partial charge in [0.2, 0.25) is 11.8 Å². The van der Waals surface area contributed by atoms with Crippen LogP contribution in [0, 0.1) is 5.92 Å². The van der Waals surface area contributed by atoms with Crippen LogP contribution in [-0.2, 0) is 57.1 Å². The average molecular weight is 713 g/mol. The van der Waals surface area contributed by atoms with E-state index in [0.29, 0.717) is 119 Å². The van der Waals surface area contributed by atoms with Crippen molar-refractivity contribution in [3.05, 3.63) is 0 Å². The molecule has 0 rings (SSSR count). The molecule has 0 spiro atoms. The molecule has 0 aromatic heterocycles. The van der Waals surface area contributed by atoms with Crippen LogP contribution in [0.25, 0.3) is 0 Å². The molecule has 0 aromatic carbocycles. The van der Waals surface area contributed by atoms with Crippen LogP contribution in [0.4, 0.5) is 0 Å². The minimum atomic E-state index is -1.04. The van der Waals surface area contributed by atoms with Crippen LogP contribution in [0.15, 0.2) is 0 Å². The van der Waals surface area contributed by atoms with Crippen LogP contribution in [0.2, 0.25) is 0 Å². The number of Topliss-reactive ketones (excluding diaryl/α,β-unsaturated/α-hetero) is 1. The van der Waals surface area contributed by atoms with Gasteiger partial charge in [0.05, 0.1) is 117 Å². The maximum absolute atomic E-state index is 12.2. The molecule has 0 aliphatic heterocycles. The molecule has 0 aliphatic rings. The Morgan fingerprint density at radius 1 is 0.542 bits per heavy atom. The second-order valence-electron chi connectivity index (χ2n) is 10.9. The van der Waals surface area contributed by atoms with Gasteiger partial charge in [-0.05, 0) is 5.25 Å². The largest absolute Gasteiger partial charge is 0.481 e. The zero-order chi connectivity index (χ0) is 35.7. The second-order valence-corrected chi connectivity index (χ2v) is 12.7. The van der Waals surface area contributed by atoms with Gasteiger partial charge in [-0.1, -0.05) is 27.7 Å². The summed E-state index contributed by atoms with van der Waals surface area (Å²) in [5.74, 6) is -1.39. The van der Waals surface area contributed by atoms with Crippen LogP contribution in [-0.4, -0.2) is 158 Å². The van der Waals surface area contributed by atoms with Crippen molar-refractivity contribution in [3.8, 4) is 0 Å². The molecule has 16 heteroatoms. The summed E-state index contributed by atoms with van der Waals surface area (Å²) in [7, 11) is 0. The predicted molar refractivity (Wildman–Crippen MR) is 180 cm³/mol. The van der Waals surface area contributed by atoms with Gasteiger partial charge in [-0.2, -0.15) is 0 Å². The number of nitrogens with one attached hydrogen (secondary N) is 2. The molecule has 3 N–H and O–H groups in total. The van der Waals surface area contributed by atoms with Gasteiger partial charge in [0.15, 0.2) is 0 Å². The number of carboxylic acids is 1. The molecular weight excluding hydrogens is 652 g/mol. The molecular formula is C32H60N2O13S. The minimum absolute atomic E-state index is 0.0476. The van der Waals surface area contributed by atoms with Crippen molar-refractivity contribution in [1.29, 1.82) is 0 Å². The molecule has 0 aromatic rings. The Labute approximate surface area is 290 Å². The highest BCUT2D eigenvalue weighted by molar-refractivity contribution is 8.01. The van der Waals surface area contributed by atoms with Crippen LogP contribution in [0.5, 0.6) is 0 Å². The lowest BCUT2D eigenvalue weighted by molar-refractivity contribution is -0.138. The smallest absolute Gasteiger partial charge is 0.305 e. The van der Waals surface area contributed by atoms with Crippen molar-refractivity contribution in [3.63, 3.8) is 0 Å². The Balaban J connectivity index is 3.34. The van der Waals surface area contributed by atoms with Gasteiger partial charge in [-0.15, -0.1) is 11.8 Å². The van der Waals surface area contributed by atoms with Crippen LogP contribution in [0.3, 0.4) is 0 Å². The van der Waals surface area contributed by atoms with E-state index in [1.165, 1.54) is 11.8 Å². The Morgan fingerprint density at radius 2 is 0.938 bits per heavy atom. The molecule has 1 unspecified atom stereocenters. The molecule has 0 bridgehead atoms. The predicted octanol–water partition coefficient (Wildman–Crippen LogP) is 1.34. The summed E-state index contributed by atoms with van der Waals surface area (Å²) in [6.45, 7) is 15.1. The Kier molecular flexibility index (Phi) is 32.3. The Morgan fingerprint density at radius 3 is 1.31 bits per heavy atom. The lowest BCUT2D eigenvalue weighted by atomic mass is 10.1. The third-order valence-corrected chi connectivity index (χ3v) is 7.30. The SMILES string of the molecule is CC(C)SC(CC(=O)O)C(=O)NCCC(=O)NCCOCCOCCOCCOCCOCCOCCOCCOCCC(=O)C(C)C. The van der Waals surface area contributed by atoms with Crippen molar-refractivity contribution in [2.45, 2.75) is 57.5 Å². The van der Waals surface area contributed by atoms with E-state index >= 15 is 0 Å². The molecule has 282 valence electrons. The molecule has 0 saturated heterocycles. The molecule has 48 heavy (non-hydrogen) atoms. The standard InChI is InChI=1S/C32H60N2O13S/c1-26(2)28(35)6-9-40-11-13-42-15-17-44-19-21-46-23-24-47-22-20-45-18-16-43-14-12-41-10-8-33-30(36)5-7-34-32(39)29(25-31(37)38)48-27(3)4/h26-27,29H,5-25H2,1-4H3,(H,33,36)(H,34,39)(H,37,38). The van der Waals surface area contributed by atoms with E-state index in [-0.39, 0.29) is 48.2 Å². The molecule has 0 aliphatic carbocycles. The summed E-state index contributed by atoms with van der Waals surface area (Å²) in [5, 5.41) is 13.7. The number of hydrogen-bond acceptors (Lipinski definition) is 13. The van der Waals surface area contributed by atoms with Gasteiger partial charge >= 0.3 is 5.97 Å². The van der Waals surface area contributed by atoms with E-state index in [2.05, 4.69) is 10.6 Å². The molecule has 2 amide bonds. The summed E-state index contributed by atoms with van der Waals surface area (Å²) in [6.07, 6.45) is 0.272. The summed E-state index contributed by atoms with van der Waals surface area (Å²) < 4.78 is 43.4. The first kappa shape index (κ1) is 46.1. The number of amides is 2. The van der Waals surface area contributed by atoms with Crippen molar-refractivity contribution >= 4 is 35.3 Å². The molecule has 15 nitrogen and oxygen atoms in total. The van der Waals surface area contributed by atoms with Crippen molar-refractivity contribution < 1.29 is 62.2 Å². The number of aliphatic carboxylic acids is 1. The van der Waals surface area contributed by atoms with E-state index in [9.17, 15) is 19.2 Å². The first-order valence-electron chi connectivity index (χ1n) is 16.7. The molecule has 0 fully saturated rings. The second kappa shape index (κ2) is 33.6. The maximum Gasteiger partial charge on any atom is 0.305 e. The van der Waals surface area contributed by atoms with Crippen LogP contribution in [0.1, 0.15) is 47.0 Å². The number of ketones is 1. The Bertz CT molecular complexity index is 821. The monoisotopic (exact) mass is 712 g/mol. The third-order valence-electron chi connectivity index (χ3n) is 6.05. The van der Waals surface area contributed by atoms with Gasteiger partial charge in [0.25, 0.3) is 0 Å². The number of carbonyl (C=O) groups is 4. The topological polar surface area (TPSA) is 186 Å². The normalized spacial score (nSPS) is 12.0. The fourth-order valence-corrected chi connectivity index (χ4v) is 4.66. The number of ether oxygens (including phenoxy) is 8. The minimum Gasteiger partial charge on any atom is -0.481 e. The molecule has 0 saturated carbocycles. The lowest BCUT2D eigenvalue weighted by Gasteiger charge is -2.16. The number of carboxylic acid groups (broad SMARTS) is 1. The third kappa shape index (κ3) is 32.6. The molecule has 0 radical (unpaired) electrons. The lowest BCUT2D eigenvalue weighted by Crippen LogP contribution is -2.37. The van der Waals surface area contributed by atoms with Crippen LogP contribution >= 0.6 is 11.8 Å².